The zero-order valence-electron chi connectivity index (χ0n) is 13.1. The van der Waals surface area contributed by atoms with Gasteiger partial charge in [-0.2, -0.15) is 23.4 Å². The van der Waals surface area contributed by atoms with Crippen LogP contribution in [0.3, 0.4) is 0 Å². The number of alkyl halides is 3. The summed E-state index contributed by atoms with van der Waals surface area (Å²) in [5.74, 6) is -0.253. The second-order valence-corrected chi connectivity index (χ2v) is 5.33. The summed E-state index contributed by atoms with van der Waals surface area (Å²) in [7, 11) is 1.79. The van der Waals surface area contributed by atoms with Gasteiger partial charge in [0.1, 0.15) is 0 Å². The van der Waals surface area contributed by atoms with Crippen LogP contribution in [0.1, 0.15) is 29.1 Å². The molecule has 126 valence electrons. The zero-order valence-corrected chi connectivity index (χ0v) is 13.1. The molecule has 0 aliphatic carbocycles. The quantitative estimate of drug-likeness (QED) is 0.912. The number of amides is 1. The van der Waals surface area contributed by atoms with Gasteiger partial charge in [0.05, 0.1) is 5.69 Å². The molecule has 0 fully saturated rings. The van der Waals surface area contributed by atoms with Gasteiger partial charge in [-0.05, 0) is 19.9 Å². The Balaban J connectivity index is 1.87. The summed E-state index contributed by atoms with van der Waals surface area (Å²) in [6.07, 6.45) is -2.61. The number of carbonyl (C=O) groups is 1. The fraction of sp³-hybridized carbons (Fsp3) is 0.500. The number of halogens is 3. The van der Waals surface area contributed by atoms with Gasteiger partial charge >= 0.3 is 6.18 Å². The second kappa shape index (κ2) is 6.43. The van der Waals surface area contributed by atoms with Gasteiger partial charge in [-0.1, -0.05) is 0 Å². The molecule has 9 heteroatoms. The van der Waals surface area contributed by atoms with Crippen molar-refractivity contribution in [3.8, 4) is 0 Å². The van der Waals surface area contributed by atoms with Crippen molar-refractivity contribution in [2.45, 2.75) is 39.5 Å². The van der Waals surface area contributed by atoms with Gasteiger partial charge in [0, 0.05) is 44.0 Å². The third-order valence-corrected chi connectivity index (χ3v) is 3.41. The predicted molar refractivity (Wildman–Crippen MR) is 76.4 cm³/mol. The van der Waals surface area contributed by atoms with Crippen LogP contribution in [0, 0.1) is 13.8 Å². The Morgan fingerprint density at radius 3 is 2.52 bits per heavy atom. The highest BCUT2D eigenvalue weighted by atomic mass is 19.4. The molecule has 0 aromatic carbocycles. The molecule has 1 N–H and O–H groups in total. The van der Waals surface area contributed by atoms with E-state index in [-0.39, 0.29) is 18.9 Å². The normalized spacial score (nSPS) is 11.7. The van der Waals surface area contributed by atoms with E-state index in [1.54, 1.807) is 11.7 Å². The molecular weight excluding hydrogens is 311 g/mol. The topological polar surface area (TPSA) is 64.7 Å². The molecule has 0 radical (unpaired) electrons. The summed E-state index contributed by atoms with van der Waals surface area (Å²) < 4.78 is 40.5. The molecule has 2 aromatic heterocycles. The van der Waals surface area contributed by atoms with Gasteiger partial charge in [0.2, 0.25) is 5.91 Å². The monoisotopic (exact) mass is 329 g/mol. The smallest absolute Gasteiger partial charge is 0.352 e. The first kappa shape index (κ1) is 17.0. The van der Waals surface area contributed by atoms with Crippen molar-refractivity contribution in [2.75, 3.05) is 0 Å². The molecule has 0 saturated carbocycles. The van der Waals surface area contributed by atoms with Crippen LogP contribution >= 0.6 is 0 Å². The maximum Gasteiger partial charge on any atom is 0.435 e. The number of nitrogens with zero attached hydrogens (tertiary/aromatic N) is 4. The lowest BCUT2D eigenvalue weighted by atomic mass is 10.2. The van der Waals surface area contributed by atoms with Gasteiger partial charge in [-0.25, -0.2) is 0 Å². The van der Waals surface area contributed by atoms with Crippen LogP contribution in [0.2, 0.25) is 0 Å². The maximum atomic E-state index is 12.6. The lowest BCUT2D eigenvalue weighted by Gasteiger charge is -2.06. The molecule has 0 bridgehead atoms. The van der Waals surface area contributed by atoms with Crippen molar-refractivity contribution in [1.82, 2.24) is 24.9 Å². The van der Waals surface area contributed by atoms with Crippen molar-refractivity contribution >= 4 is 5.91 Å². The molecule has 2 rings (SSSR count). The fourth-order valence-electron chi connectivity index (χ4n) is 2.19. The average molecular weight is 329 g/mol. The van der Waals surface area contributed by atoms with E-state index < -0.39 is 11.9 Å². The molecule has 0 aliphatic heterocycles. The van der Waals surface area contributed by atoms with Crippen LogP contribution in [-0.4, -0.2) is 25.5 Å². The molecule has 6 nitrogen and oxygen atoms in total. The molecule has 2 heterocycles. The van der Waals surface area contributed by atoms with Crippen LogP contribution in [-0.2, 0) is 31.1 Å². The number of nitrogens with one attached hydrogen (secondary N) is 1. The molecule has 23 heavy (non-hydrogen) atoms. The van der Waals surface area contributed by atoms with Crippen molar-refractivity contribution in [1.29, 1.82) is 0 Å². The van der Waals surface area contributed by atoms with Crippen LogP contribution in [0.25, 0.3) is 0 Å². The van der Waals surface area contributed by atoms with E-state index in [0.717, 1.165) is 17.3 Å². The van der Waals surface area contributed by atoms with E-state index in [4.69, 9.17) is 0 Å². The first-order chi connectivity index (χ1) is 10.7. The molecule has 0 saturated heterocycles. The van der Waals surface area contributed by atoms with E-state index in [1.165, 1.54) is 11.6 Å². The van der Waals surface area contributed by atoms with Gasteiger partial charge in [-0.15, -0.1) is 0 Å². The van der Waals surface area contributed by atoms with E-state index in [1.807, 2.05) is 13.1 Å². The van der Waals surface area contributed by atoms with Crippen molar-refractivity contribution < 1.29 is 18.0 Å². The Morgan fingerprint density at radius 1 is 1.30 bits per heavy atom. The van der Waals surface area contributed by atoms with Crippen molar-refractivity contribution in [2.24, 2.45) is 7.05 Å². The Kier molecular flexibility index (Phi) is 4.76. The van der Waals surface area contributed by atoms with Crippen LogP contribution < -0.4 is 5.32 Å². The summed E-state index contributed by atoms with van der Waals surface area (Å²) in [4.78, 5) is 11.8. The Labute approximate surface area is 131 Å². The molecule has 2 aromatic rings. The number of aryl methyl sites for hydroxylation is 4. The first-order valence-electron chi connectivity index (χ1n) is 7.04. The van der Waals surface area contributed by atoms with Crippen molar-refractivity contribution in [3.05, 3.63) is 34.9 Å². The zero-order chi connectivity index (χ0) is 17.2. The number of rotatable bonds is 5. The molecule has 0 aliphatic rings. The van der Waals surface area contributed by atoms with Gasteiger partial charge in [-0.3, -0.25) is 14.2 Å². The predicted octanol–water partition coefficient (Wildman–Crippen LogP) is 1.96. The Morgan fingerprint density at radius 2 is 2.00 bits per heavy atom. The van der Waals surface area contributed by atoms with E-state index in [0.29, 0.717) is 12.2 Å². The number of hydrogen-bond acceptors (Lipinski definition) is 3. The fourth-order valence-corrected chi connectivity index (χ4v) is 2.19. The van der Waals surface area contributed by atoms with E-state index in [9.17, 15) is 18.0 Å². The number of carbonyl (C=O) groups excluding carboxylic acids is 1. The molecule has 0 unspecified atom stereocenters. The standard InChI is InChI=1S/C14H18F3N5O/c1-9-6-12(14(15,16)17)20-22(9)5-4-13(23)18-7-11-8-21(3)19-10(11)2/h6,8H,4-5,7H2,1-3H3,(H,18,23). The first-order valence-corrected chi connectivity index (χ1v) is 7.04. The lowest BCUT2D eigenvalue weighted by molar-refractivity contribution is -0.141. The summed E-state index contributed by atoms with van der Waals surface area (Å²) >= 11 is 0. The summed E-state index contributed by atoms with van der Waals surface area (Å²) in [6, 6.07) is 0.969. The minimum absolute atomic E-state index is 0.0547. The highest BCUT2D eigenvalue weighted by molar-refractivity contribution is 5.75. The third kappa shape index (κ3) is 4.33. The molecule has 0 spiro atoms. The third-order valence-electron chi connectivity index (χ3n) is 3.41. The second-order valence-electron chi connectivity index (χ2n) is 5.33. The average Bonchev–Trinajstić information content (AvgIpc) is 2.96. The van der Waals surface area contributed by atoms with Crippen LogP contribution in [0.15, 0.2) is 12.3 Å². The SMILES string of the molecule is Cc1nn(C)cc1CNC(=O)CCn1nc(C(F)(F)F)cc1C. The van der Waals surface area contributed by atoms with Gasteiger partial charge < -0.3 is 5.32 Å². The summed E-state index contributed by atoms with van der Waals surface area (Å²) in [6.45, 7) is 3.80. The molecular formula is C14H18F3N5O. The largest absolute Gasteiger partial charge is 0.435 e. The van der Waals surface area contributed by atoms with E-state index >= 15 is 0 Å². The van der Waals surface area contributed by atoms with Gasteiger partial charge in [0.25, 0.3) is 0 Å². The molecule has 0 atom stereocenters. The number of hydrogen-bond donors (Lipinski definition) is 1. The van der Waals surface area contributed by atoms with Crippen molar-refractivity contribution in [3.63, 3.8) is 0 Å². The summed E-state index contributed by atoms with van der Waals surface area (Å²) in [5.41, 5.74) is 1.15. The highest BCUT2D eigenvalue weighted by Crippen LogP contribution is 2.28. The van der Waals surface area contributed by atoms with E-state index in [2.05, 4.69) is 15.5 Å². The van der Waals surface area contributed by atoms with Crippen LogP contribution in [0.5, 0.6) is 0 Å². The highest BCUT2D eigenvalue weighted by Gasteiger charge is 2.34. The molecule has 1 amide bonds. The lowest BCUT2D eigenvalue weighted by Crippen LogP contribution is -2.24. The Bertz CT molecular complexity index is 702. The minimum atomic E-state index is -4.48. The summed E-state index contributed by atoms with van der Waals surface area (Å²) in [5, 5.41) is 10.4. The van der Waals surface area contributed by atoms with Gasteiger partial charge in [0.15, 0.2) is 5.69 Å². The maximum absolute atomic E-state index is 12.6. The van der Waals surface area contributed by atoms with Crippen LogP contribution in [0.4, 0.5) is 13.2 Å². The Hall–Kier alpha value is -2.32. The number of aromatic nitrogens is 4. The minimum Gasteiger partial charge on any atom is -0.352 e.